The molecule has 7 nitrogen and oxygen atoms in total. The summed E-state index contributed by atoms with van der Waals surface area (Å²) < 4.78 is 6.88. The van der Waals surface area contributed by atoms with Crippen LogP contribution in [0.2, 0.25) is 0 Å². The lowest BCUT2D eigenvalue weighted by Crippen LogP contribution is -2.38. The number of hydrogen-bond acceptors (Lipinski definition) is 4. The van der Waals surface area contributed by atoms with Crippen molar-refractivity contribution < 1.29 is 14.3 Å². The third-order valence-electron chi connectivity index (χ3n) is 5.50. The SMILES string of the molecule is CCCN(CC(=O)Nc1cc(-c2ccccc2)nn1-c1ccccc1)C(=O)c1ccc(OC)cc1. The minimum Gasteiger partial charge on any atom is -0.497 e. The molecule has 2 amide bonds. The first-order valence-electron chi connectivity index (χ1n) is 11.5. The second-order valence-corrected chi connectivity index (χ2v) is 8.03. The molecule has 0 saturated carbocycles. The van der Waals surface area contributed by atoms with Gasteiger partial charge in [-0.3, -0.25) is 9.59 Å². The number of benzene rings is 3. The number of nitrogens with one attached hydrogen (secondary N) is 1. The number of carbonyl (C=O) groups excluding carboxylic acids is 2. The molecule has 7 heteroatoms. The van der Waals surface area contributed by atoms with Crippen LogP contribution in [-0.2, 0) is 4.79 Å². The maximum Gasteiger partial charge on any atom is 0.254 e. The van der Waals surface area contributed by atoms with Crippen LogP contribution in [0.15, 0.2) is 91.0 Å². The lowest BCUT2D eigenvalue weighted by Gasteiger charge is -2.22. The molecule has 0 unspecified atom stereocenters. The molecule has 0 spiro atoms. The third kappa shape index (κ3) is 5.76. The van der Waals surface area contributed by atoms with Gasteiger partial charge >= 0.3 is 0 Å². The number of anilines is 1. The van der Waals surface area contributed by atoms with E-state index in [4.69, 9.17) is 9.84 Å². The zero-order valence-electron chi connectivity index (χ0n) is 19.8. The van der Waals surface area contributed by atoms with E-state index in [2.05, 4.69) is 5.32 Å². The summed E-state index contributed by atoms with van der Waals surface area (Å²) in [6, 6.07) is 28.1. The van der Waals surface area contributed by atoms with E-state index in [-0.39, 0.29) is 18.4 Å². The molecule has 0 atom stereocenters. The minimum absolute atomic E-state index is 0.0701. The molecule has 178 valence electrons. The zero-order chi connectivity index (χ0) is 24.6. The van der Waals surface area contributed by atoms with Crippen molar-refractivity contribution in [1.29, 1.82) is 0 Å². The van der Waals surface area contributed by atoms with Crippen LogP contribution >= 0.6 is 0 Å². The van der Waals surface area contributed by atoms with Crippen molar-refractivity contribution in [3.05, 3.63) is 96.6 Å². The molecule has 0 fully saturated rings. The molecule has 4 rings (SSSR count). The van der Waals surface area contributed by atoms with E-state index < -0.39 is 0 Å². The van der Waals surface area contributed by atoms with Gasteiger partial charge in [0.2, 0.25) is 5.91 Å². The van der Waals surface area contributed by atoms with Crippen LogP contribution in [0.25, 0.3) is 16.9 Å². The Morgan fingerprint density at radius 2 is 1.60 bits per heavy atom. The Labute approximate surface area is 205 Å². The topological polar surface area (TPSA) is 76.5 Å². The highest BCUT2D eigenvalue weighted by Crippen LogP contribution is 2.25. The van der Waals surface area contributed by atoms with Gasteiger partial charge in [-0.05, 0) is 42.8 Å². The first kappa shape index (κ1) is 23.8. The van der Waals surface area contributed by atoms with Crippen LogP contribution in [0.1, 0.15) is 23.7 Å². The summed E-state index contributed by atoms with van der Waals surface area (Å²) in [6.45, 7) is 2.37. The second-order valence-electron chi connectivity index (χ2n) is 8.03. The van der Waals surface area contributed by atoms with Gasteiger partial charge in [0.05, 0.1) is 18.5 Å². The minimum atomic E-state index is -0.294. The number of ether oxygens (including phenoxy) is 1. The monoisotopic (exact) mass is 468 g/mol. The fourth-order valence-electron chi connectivity index (χ4n) is 3.78. The Hall–Kier alpha value is -4.39. The molecule has 0 saturated heterocycles. The predicted molar refractivity (Wildman–Crippen MR) is 137 cm³/mol. The largest absolute Gasteiger partial charge is 0.497 e. The van der Waals surface area contributed by atoms with E-state index in [0.717, 1.165) is 23.4 Å². The number of methoxy groups -OCH3 is 1. The average Bonchev–Trinajstić information content (AvgIpc) is 3.32. The maximum atomic E-state index is 13.1. The Morgan fingerprint density at radius 3 is 2.23 bits per heavy atom. The molecule has 1 heterocycles. The van der Waals surface area contributed by atoms with Crippen molar-refractivity contribution in [3.63, 3.8) is 0 Å². The van der Waals surface area contributed by atoms with Crippen LogP contribution in [0.3, 0.4) is 0 Å². The smallest absolute Gasteiger partial charge is 0.254 e. The fourth-order valence-corrected chi connectivity index (χ4v) is 3.78. The van der Waals surface area contributed by atoms with Crippen LogP contribution in [0.5, 0.6) is 5.75 Å². The van der Waals surface area contributed by atoms with Gasteiger partial charge in [-0.25, -0.2) is 4.68 Å². The molecule has 35 heavy (non-hydrogen) atoms. The number of para-hydroxylation sites is 1. The van der Waals surface area contributed by atoms with Crippen molar-refractivity contribution in [2.45, 2.75) is 13.3 Å². The highest BCUT2D eigenvalue weighted by Gasteiger charge is 2.20. The highest BCUT2D eigenvalue weighted by molar-refractivity contribution is 5.99. The van der Waals surface area contributed by atoms with E-state index in [1.54, 1.807) is 41.0 Å². The van der Waals surface area contributed by atoms with E-state index in [1.807, 2.05) is 73.7 Å². The fraction of sp³-hybridized carbons (Fsp3) is 0.179. The first-order chi connectivity index (χ1) is 17.1. The van der Waals surface area contributed by atoms with Gasteiger partial charge < -0.3 is 15.0 Å². The quantitative estimate of drug-likeness (QED) is 0.373. The van der Waals surface area contributed by atoms with Crippen molar-refractivity contribution in [2.24, 2.45) is 0 Å². The predicted octanol–water partition coefficient (Wildman–Crippen LogP) is 5.04. The molecule has 4 aromatic rings. The molecule has 0 radical (unpaired) electrons. The molecule has 0 aliphatic rings. The van der Waals surface area contributed by atoms with Crippen LogP contribution in [0.4, 0.5) is 5.82 Å². The Balaban J connectivity index is 1.56. The van der Waals surface area contributed by atoms with Crippen molar-refractivity contribution in [2.75, 3.05) is 25.5 Å². The van der Waals surface area contributed by atoms with Crippen LogP contribution in [-0.4, -0.2) is 46.7 Å². The number of aromatic nitrogens is 2. The summed E-state index contributed by atoms with van der Waals surface area (Å²) in [7, 11) is 1.58. The second kappa shape index (κ2) is 11.2. The van der Waals surface area contributed by atoms with Gasteiger partial charge in [0.1, 0.15) is 18.1 Å². The molecule has 1 aromatic heterocycles. The lowest BCUT2D eigenvalue weighted by atomic mass is 10.1. The van der Waals surface area contributed by atoms with E-state index in [0.29, 0.717) is 23.7 Å². The van der Waals surface area contributed by atoms with E-state index >= 15 is 0 Å². The normalized spacial score (nSPS) is 10.6. The molecule has 3 aromatic carbocycles. The van der Waals surface area contributed by atoms with Gasteiger partial charge in [0, 0.05) is 23.7 Å². The molecule has 0 bridgehead atoms. The highest BCUT2D eigenvalue weighted by atomic mass is 16.5. The van der Waals surface area contributed by atoms with E-state index in [1.165, 1.54) is 0 Å². The Morgan fingerprint density at radius 1 is 0.943 bits per heavy atom. The number of carbonyl (C=O) groups is 2. The zero-order valence-corrected chi connectivity index (χ0v) is 19.8. The molecule has 1 N–H and O–H groups in total. The van der Waals surface area contributed by atoms with Crippen molar-refractivity contribution in [1.82, 2.24) is 14.7 Å². The molecular weight excluding hydrogens is 440 g/mol. The lowest BCUT2D eigenvalue weighted by molar-refractivity contribution is -0.116. The third-order valence-corrected chi connectivity index (χ3v) is 5.50. The summed E-state index contributed by atoms with van der Waals surface area (Å²) in [5.41, 5.74) is 3.02. The van der Waals surface area contributed by atoms with Crippen LogP contribution < -0.4 is 10.1 Å². The van der Waals surface area contributed by atoms with Gasteiger partial charge in [0.15, 0.2) is 0 Å². The summed E-state index contributed by atoms with van der Waals surface area (Å²) in [6.07, 6.45) is 0.731. The van der Waals surface area contributed by atoms with Crippen molar-refractivity contribution in [3.8, 4) is 22.7 Å². The number of nitrogens with zero attached hydrogens (tertiary/aromatic N) is 3. The van der Waals surface area contributed by atoms with Gasteiger partial charge in [0.25, 0.3) is 5.91 Å². The maximum absolute atomic E-state index is 13.1. The summed E-state index contributed by atoms with van der Waals surface area (Å²) >= 11 is 0. The number of amides is 2. The first-order valence-corrected chi connectivity index (χ1v) is 11.5. The van der Waals surface area contributed by atoms with Gasteiger partial charge in [-0.15, -0.1) is 0 Å². The molecular formula is C28H28N4O3. The van der Waals surface area contributed by atoms with E-state index in [9.17, 15) is 9.59 Å². The summed E-state index contributed by atoms with van der Waals surface area (Å²) in [5, 5.41) is 7.69. The Bertz CT molecular complexity index is 1270. The van der Waals surface area contributed by atoms with Crippen LogP contribution in [0, 0.1) is 0 Å². The average molecular weight is 469 g/mol. The molecule has 0 aliphatic heterocycles. The number of rotatable bonds is 9. The standard InChI is InChI=1S/C28H28N4O3/c1-3-18-31(28(34)22-14-16-24(35-2)17-15-22)20-27(33)29-26-19-25(21-10-6-4-7-11-21)30-32(26)23-12-8-5-9-13-23/h4-17,19H,3,18,20H2,1-2H3,(H,29,33). The number of hydrogen-bond donors (Lipinski definition) is 1. The summed E-state index contributed by atoms with van der Waals surface area (Å²) in [5.74, 6) is 0.710. The van der Waals surface area contributed by atoms with Gasteiger partial charge in [-0.1, -0.05) is 55.5 Å². The Kier molecular flexibility index (Phi) is 7.57. The van der Waals surface area contributed by atoms with Gasteiger partial charge in [-0.2, -0.15) is 5.10 Å². The molecule has 0 aliphatic carbocycles. The van der Waals surface area contributed by atoms with Crippen molar-refractivity contribution >= 4 is 17.6 Å². The summed E-state index contributed by atoms with van der Waals surface area (Å²) in [4.78, 5) is 27.7.